The number of halogens is 2. The molecule has 1 N–H and O–H groups in total. The van der Waals surface area contributed by atoms with Crippen molar-refractivity contribution in [3.8, 4) is 11.1 Å². The van der Waals surface area contributed by atoms with Crippen LogP contribution < -0.4 is 4.90 Å². The number of hydrogen-bond donors (Lipinski definition) is 1. The summed E-state index contributed by atoms with van der Waals surface area (Å²) in [5.74, 6) is 2.15. The molecule has 5 fully saturated rings. The lowest BCUT2D eigenvalue weighted by atomic mass is 9.60. The number of rotatable bonds is 6. The van der Waals surface area contributed by atoms with Gasteiger partial charge in [0.05, 0.1) is 39.3 Å². The zero-order valence-electron chi connectivity index (χ0n) is 27.4. The highest BCUT2D eigenvalue weighted by molar-refractivity contribution is 7.91. The molecule has 0 unspecified atom stereocenters. The van der Waals surface area contributed by atoms with Gasteiger partial charge in [-0.05, 0) is 70.9 Å². The molecule has 8 rings (SSSR count). The molecule has 0 radical (unpaired) electrons. The van der Waals surface area contributed by atoms with Gasteiger partial charge in [0.15, 0.2) is 15.7 Å². The second kappa shape index (κ2) is 10.7. The van der Waals surface area contributed by atoms with Crippen molar-refractivity contribution in [3.63, 3.8) is 0 Å². The number of anilines is 1. The maximum Gasteiger partial charge on any atom is 0.245 e. The molecule has 1 atom stereocenters. The SMILES string of the molecule is C=CC(=O)N1CC2(CC(n3nc(N4CC[C@@H](CN5CC6(CCS(=O)(=O)C6)C5)CC4(C)C)c(-c4c(Cl)c(Cl)cc5[nH]ncc45)c3C)C2)C1. The fourth-order valence-corrected chi connectivity index (χ4v) is 12.4. The molecule has 1 aromatic carbocycles. The number of aromatic nitrogens is 4. The van der Waals surface area contributed by atoms with E-state index in [1.807, 2.05) is 17.2 Å². The Morgan fingerprint density at radius 1 is 1.13 bits per heavy atom. The predicted molar refractivity (Wildman–Crippen MR) is 186 cm³/mol. The lowest BCUT2D eigenvalue weighted by Crippen LogP contribution is -2.63. The number of H-pyrrole nitrogens is 1. The van der Waals surface area contributed by atoms with Crippen molar-refractivity contribution in [2.75, 3.05) is 55.7 Å². The zero-order chi connectivity index (χ0) is 33.1. The van der Waals surface area contributed by atoms with Crippen molar-refractivity contribution in [2.24, 2.45) is 16.7 Å². The van der Waals surface area contributed by atoms with Gasteiger partial charge in [0.1, 0.15) is 0 Å². The van der Waals surface area contributed by atoms with E-state index >= 15 is 0 Å². The molecule has 1 amide bonds. The summed E-state index contributed by atoms with van der Waals surface area (Å²) in [5.41, 5.74) is 3.71. The zero-order valence-corrected chi connectivity index (χ0v) is 29.7. The van der Waals surface area contributed by atoms with Crippen molar-refractivity contribution < 1.29 is 13.2 Å². The van der Waals surface area contributed by atoms with Crippen LogP contribution in [0, 0.1) is 23.7 Å². The monoisotopic (exact) mass is 699 g/mol. The quantitative estimate of drug-likeness (QED) is 0.339. The van der Waals surface area contributed by atoms with Crippen LogP contribution in [-0.4, -0.2) is 100 Å². The molecule has 3 aromatic rings. The fraction of sp³-hybridized carbons (Fsp3) is 0.618. The van der Waals surface area contributed by atoms with Crippen LogP contribution in [0.3, 0.4) is 0 Å². The van der Waals surface area contributed by atoms with E-state index in [1.54, 1.807) is 0 Å². The summed E-state index contributed by atoms with van der Waals surface area (Å²) in [4.78, 5) is 18.9. The summed E-state index contributed by atoms with van der Waals surface area (Å²) < 4.78 is 26.5. The minimum absolute atomic E-state index is 0.00405. The fourth-order valence-electron chi connectivity index (χ4n) is 9.75. The van der Waals surface area contributed by atoms with Crippen molar-refractivity contribution in [1.82, 2.24) is 29.8 Å². The number of nitrogens with zero attached hydrogens (tertiary/aromatic N) is 6. The van der Waals surface area contributed by atoms with E-state index in [4.69, 9.17) is 28.3 Å². The number of carbonyl (C=O) groups is 1. The summed E-state index contributed by atoms with van der Waals surface area (Å²) in [6.45, 7) is 15.6. The third kappa shape index (κ3) is 5.13. The van der Waals surface area contributed by atoms with Gasteiger partial charge in [0, 0.05) is 77.8 Å². The minimum atomic E-state index is -2.87. The Labute approximate surface area is 286 Å². The number of nitrogens with one attached hydrogen (secondary N) is 1. The predicted octanol–water partition coefficient (Wildman–Crippen LogP) is 5.51. The summed E-state index contributed by atoms with van der Waals surface area (Å²) in [5, 5.41) is 14.7. The molecule has 2 spiro atoms. The van der Waals surface area contributed by atoms with Gasteiger partial charge in [0.25, 0.3) is 0 Å². The van der Waals surface area contributed by atoms with E-state index in [-0.39, 0.29) is 28.3 Å². The Kier molecular flexibility index (Phi) is 7.21. The third-order valence-corrected chi connectivity index (χ3v) is 14.5. The number of hydrogen-bond acceptors (Lipinski definition) is 7. The van der Waals surface area contributed by atoms with Crippen LogP contribution in [0.4, 0.5) is 5.82 Å². The second-order valence-electron chi connectivity index (χ2n) is 15.9. The first-order chi connectivity index (χ1) is 22.2. The number of aromatic amines is 1. The molecule has 4 saturated heterocycles. The summed E-state index contributed by atoms with van der Waals surface area (Å²) >= 11 is 13.8. The lowest BCUT2D eigenvalue weighted by Gasteiger charge is -2.58. The standard InChI is InChI=1S/C34H43Cl2N7O3S/c1-5-27(44)41-18-34(19-41)12-23(13-34)43-21(2)28(29-24-14-37-38-26(24)10-25(35)30(29)36)31(39-43)42-8-6-22(11-32(42,3)4)15-40-16-33(17-40)7-9-47(45,46)20-33/h5,10,14,22-23H,1,6-9,11-13,15-20H2,2-4H3,(H,37,38)/t22-/m1/s1. The van der Waals surface area contributed by atoms with E-state index in [0.29, 0.717) is 27.5 Å². The average molecular weight is 701 g/mol. The highest BCUT2D eigenvalue weighted by Gasteiger charge is 2.55. The number of amides is 1. The van der Waals surface area contributed by atoms with Crippen LogP contribution in [0.1, 0.15) is 57.7 Å². The van der Waals surface area contributed by atoms with Crippen LogP contribution in [0.25, 0.3) is 22.0 Å². The van der Waals surface area contributed by atoms with Crippen LogP contribution >= 0.6 is 23.2 Å². The first-order valence-electron chi connectivity index (χ1n) is 16.7. The molecule has 1 aliphatic carbocycles. The van der Waals surface area contributed by atoms with E-state index < -0.39 is 9.84 Å². The van der Waals surface area contributed by atoms with Gasteiger partial charge in [-0.2, -0.15) is 10.2 Å². The molecule has 1 saturated carbocycles. The number of likely N-dealkylation sites (tertiary alicyclic amines) is 2. The summed E-state index contributed by atoms with van der Waals surface area (Å²) in [6, 6.07) is 2.06. The van der Waals surface area contributed by atoms with E-state index in [1.165, 1.54) is 6.08 Å². The van der Waals surface area contributed by atoms with Gasteiger partial charge in [0.2, 0.25) is 5.91 Å². The Morgan fingerprint density at radius 3 is 2.53 bits per heavy atom. The smallest absolute Gasteiger partial charge is 0.245 e. The van der Waals surface area contributed by atoms with Gasteiger partial charge >= 0.3 is 0 Å². The van der Waals surface area contributed by atoms with E-state index in [2.05, 4.69) is 52.0 Å². The molecule has 4 aliphatic heterocycles. The highest BCUT2D eigenvalue weighted by atomic mass is 35.5. The van der Waals surface area contributed by atoms with Crippen LogP contribution in [-0.2, 0) is 14.6 Å². The molecule has 5 aliphatic rings. The Balaban J connectivity index is 1.08. The summed E-state index contributed by atoms with van der Waals surface area (Å²) in [6.07, 6.45) is 8.01. The van der Waals surface area contributed by atoms with Crippen molar-refractivity contribution >= 4 is 55.7 Å². The number of sulfone groups is 1. The van der Waals surface area contributed by atoms with Gasteiger partial charge in [-0.3, -0.25) is 14.6 Å². The Hall–Kier alpha value is -2.60. The summed E-state index contributed by atoms with van der Waals surface area (Å²) in [7, 11) is -2.87. The van der Waals surface area contributed by atoms with Crippen LogP contribution in [0.5, 0.6) is 0 Å². The molecular weight excluding hydrogens is 657 g/mol. The first kappa shape index (κ1) is 31.7. The van der Waals surface area contributed by atoms with Gasteiger partial charge in [-0.1, -0.05) is 29.8 Å². The Bertz CT molecular complexity index is 1900. The van der Waals surface area contributed by atoms with Crippen molar-refractivity contribution in [2.45, 2.75) is 64.5 Å². The number of piperidine rings is 1. The topological polar surface area (TPSA) is 107 Å². The number of carbonyl (C=O) groups excluding carboxylic acids is 1. The largest absolute Gasteiger partial charge is 0.349 e. The van der Waals surface area contributed by atoms with E-state index in [9.17, 15) is 13.2 Å². The van der Waals surface area contributed by atoms with Crippen LogP contribution in [0.2, 0.25) is 10.0 Å². The van der Waals surface area contributed by atoms with Crippen molar-refractivity contribution in [1.29, 1.82) is 0 Å². The number of benzene rings is 1. The molecule has 13 heteroatoms. The number of fused-ring (bicyclic) bond motifs is 1. The Morgan fingerprint density at radius 2 is 1.87 bits per heavy atom. The van der Waals surface area contributed by atoms with Gasteiger partial charge in [-0.25, -0.2) is 8.42 Å². The normalized spacial score (nSPS) is 26.0. The minimum Gasteiger partial charge on any atom is -0.349 e. The molecule has 252 valence electrons. The van der Waals surface area contributed by atoms with Crippen LogP contribution in [0.15, 0.2) is 24.9 Å². The highest BCUT2D eigenvalue weighted by Crippen LogP contribution is 2.56. The second-order valence-corrected chi connectivity index (χ2v) is 18.9. The molecular formula is C34H43Cl2N7O3S. The van der Waals surface area contributed by atoms with Crippen molar-refractivity contribution in [3.05, 3.63) is 40.7 Å². The van der Waals surface area contributed by atoms with Gasteiger partial charge < -0.3 is 14.7 Å². The first-order valence-corrected chi connectivity index (χ1v) is 19.3. The molecule has 47 heavy (non-hydrogen) atoms. The van der Waals surface area contributed by atoms with Gasteiger partial charge in [-0.15, -0.1) is 0 Å². The third-order valence-electron chi connectivity index (χ3n) is 11.9. The average Bonchev–Trinajstić information content (AvgIpc) is 3.63. The molecule has 2 aromatic heterocycles. The molecule has 10 nitrogen and oxygen atoms in total. The maximum absolute atomic E-state index is 12.1. The van der Waals surface area contributed by atoms with E-state index in [0.717, 1.165) is 105 Å². The lowest BCUT2D eigenvalue weighted by molar-refractivity contribution is -0.149. The molecule has 0 bridgehead atoms. The maximum atomic E-state index is 12.1. The molecule has 6 heterocycles.